The molecule has 1 N–H and O–H groups in total. The van der Waals surface area contributed by atoms with Crippen molar-refractivity contribution in [3.05, 3.63) is 89.8 Å². The van der Waals surface area contributed by atoms with Crippen LogP contribution < -0.4 is 19.5 Å². The van der Waals surface area contributed by atoms with Gasteiger partial charge in [0.05, 0.1) is 13.7 Å². The van der Waals surface area contributed by atoms with Crippen LogP contribution in [0.4, 0.5) is 5.82 Å². The smallest absolute Gasteiger partial charge is 0.231 e. The van der Waals surface area contributed by atoms with E-state index in [0.717, 1.165) is 72.4 Å². The van der Waals surface area contributed by atoms with Crippen molar-refractivity contribution in [3.63, 3.8) is 0 Å². The summed E-state index contributed by atoms with van der Waals surface area (Å²) in [6.45, 7) is 8.57. The molecule has 2 aliphatic heterocycles. The first kappa shape index (κ1) is 25.7. The van der Waals surface area contributed by atoms with Crippen molar-refractivity contribution in [2.24, 2.45) is 0 Å². The number of hydrogen-bond donors (Lipinski definition) is 1. The number of anilines is 1. The summed E-state index contributed by atoms with van der Waals surface area (Å²) in [6.07, 6.45) is 7.59. The van der Waals surface area contributed by atoms with E-state index in [9.17, 15) is 0 Å². The summed E-state index contributed by atoms with van der Waals surface area (Å²) in [6, 6.07) is 18.3. The molecule has 7 heteroatoms. The number of nitrogens with zero attached hydrogens (tertiary/aromatic N) is 2. The summed E-state index contributed by atoms with van der Waals surface area (Å²) in [5, 5.41) is 3.48. The highest BCUT2D eigenvalue weighted by Gasteiger charge is 2.47. The Labute approximate surface area is 230 Å². The molecule has 1 atom stereocenters. The van der Waals surface area contributed by atoms with Gasteiger partial charge in [-0.05, 0) is 68.6 Å². The Morgan fingerprint density at radius 3 is 2.64 bits per heavy atom. The van der Waals surface area contributed by atoms with E-state index in [0.29, 0.717) is 6.61 Å². The van der Waals surface area contributed by atoms with Crippen LogP contribution in [-0.4, -0.2) is 50.0 Å². The molecule has 1 unspecified atom stereocenters. The number of ether oxygens (including phenoxy) is 4. The van der Waals surface area contributed by atoms with Crippen LogP contribution in [0.25, 0.3) is 0 Å². The molecule has 3 aliphatic rings. The van der Waals surface area contributed by atoms with Crippen molar-refractivity contribution in [1.29, 1.82) is 0 Å². The second-order valence-corrected chi connectivity index (χ2v) is 10.6. The second-order valence-electron chi connectivity index (χ2n) is 10.6. The normalized spacial score (nSPS) is 18.4. The van der Waals surface area contributed by atoms with Crippen LogP contribution in [0, 0.1) is 0 Å². The molecular weight excluding hydrogens is 490 g/mol. The molecule has 3 aromatic rings. The minimum absolute atomic E-state index is 0.112. The minimum atomic E-state index is -0.265. The average molecular weight is 528 g/mol. The number of allylic oxidation sites excluding steroid dienone is 1. The molecule has 39 heavy (non-hydrogen) atoms. The summed E-state index contributed by atoms with van der Waals surface area (Å²) in [4.78, 5) is 7.26. The molecule has 204 valence electrons. The van der Waals surface area contributed by atoms with Crippen molar-refractivity contribution in [2.45, 2.75) is 43.6 Å². The van der Waals surface area contributed by atoms with Gasteiger partial charge in [0.25, 0.3) is 0 Å². The summed E-state index contributed by atoms with van der Waals surface area (Å²) < 4.78 is 23.3. The van der Waals surface area contributed by atoms with E-state index in [-0.39, 0.29) is 18.3 Å². The third-order valence-electron chi connectivity index (χ3n) is 8.18. The highest BCUT2D eigenvalue weighted by atomic mass is 16.7. The lowest BCUT2D eigenvalue weighted by molar-refractivity contribution is 0.0543. The Balaban J connectivity index is 1.16. The lowest BCUT2D eigenvalue weighted by Crippen LogP contribution is -2.33. The van der Waals surface area contributed by atoms with Gasteiger partial charge in [-0.15, -0.1) is 0 Å². The Hall–Kier alpha value is -3.55. The number of aromatic nitrogens is 1. The fourth-order valence-corrected chi connectivity index (χ4v) is 5.72. The predicted octanol–water partition coefficient (Wildman–Crippen LogP) is 6.07. The predicted molar refractivity (Wildman–Crippen MR) is 152 cm³/mol. The van der Waals surface area contributed by atoms with Gasteiger partial charge in [0, 0.05) is 35.0 Å². The van der Waals surface area contributed by atoms with Gasteiger partial charge in [-0.2, -0.15) is 0 Å². The van der Waals surface area contributed by atoms with Gasteiger partial charge in [-0.3, -0.25) is 0 Å². The highest BCUT2D eigenvalue weighted by Crippen LogP contribution is 2.54. The number of piperidine rings is 1. The van der Waals surface area contributed by atoms with Gasteiger partial charge in [-0.25, -0.2) is 4.98 Å². The fourth-order valence-electron chi connectivity index (χ4n) is 5.72. The molecular formula is C32H37N3O4. The number of likely N-dealkylation sites (tertiary alicyclic amines) is 1. The topological polar surface area (TPSA) is 65.1 Å². The number of nitrogens with one attached hydrogen (secondary N) is 1. The van der Waals surface area contributed by atoms with Crippen molar-refractivity contribution < 1.29 is 18.9 Å². The van der Waals surface area contributed by atoms with E-state index in [1.54, 1.807) is 7.11 Å². The minimum Gasteiger partial charge on any atom is -0.496 e. The fraction of sp³-hybridized carbons (Fsp3) is 0.406. The molecule has 3 heterocycles. The maximum absolute atomic E-state index is 6.52. The molecule has 1 aliphatic carbocycles. The molecule has 2 fully saturated rings. The van der Waals surface area contributed by atoms with Crippen LogP contribution in [0.3, 0.4) is 0 Å². The Kier molecular flexibility index (Phi) is 7.44. The number of fused-ring (bicyclic) bond motifs is 1. The van der Waals surface area contributed by atoms with Crippen LogP contribution in [0.5, 0.6) is 17.2 Å². The van der Waals surface area contributed by atoms with Crippen LogP contribution in [0.15, 0.2) is 73.1 Å². The zero-order chi connectivity index (χ0) is 26.7. The lowest BCUT2D eigenvalue weighted by atomic mass is 9.92. The van der Waals surface area contributed by atoms with Crippen LogP contribution >= 0.6 is 0 Å². The molecule has 1 saturated carbocycles. The molecule has 1 aromatic heterocycles. The van der Waals surface area contributed by atoms with Gasteiger partial charge in [-0.1, -0.05) is 43.3 Å². The van der Waals surface area contributed by atoms with Gasteiger partial charge in [0.2, 0.25) is 6.79 Å². The molecule has 0 amide bonds. The largest absolute Gasteiger partial charge is 0.496 e. The van der Waals surface area contributed by atoms with Crippen LogP contribution in [0.1, 0.15) is 54.9 Å². The Bertz CT molecular complexity index is 1300. The molecule has 2 aromatic carbocycles. The molecule has 0 spiro atoms. The summed E-state index contributed by atoms with van der Waals surface area (Å²) in [7, 11) is 1.70. The number of para-hydroxylation sites is 1. The second kappa shape index (κ2) is 11.3. The van der Waals surface area contributed by atoms with E-state index in [4.69, 9.17) is 23.9 Å². The Morgan fingerprint density at radius 2 is 1.87 bits per heavy atom. The standard InChI is InChI=1S/C32H37N3O4/c1-23(32(14-15-32)25-11-12-28-29(20-25)39-22-38-28)34-30-13-10-24(21-33-30)31(26-8-4-5-9-27(26)36-2)37-19-18-35-16-6-3-7-17-35/h4-5,8-13,20-21,31H,1,3,6-7,14-19,22H2,2H3,(H,33,34). The third-order valence-corrected chi connectivity index (χ3v) is 8.18. The molecule has 0 radical (unpaired) electrons. The van der Waals surface area contributed by atoms with Gasteiger partial charge < -0.3 is 29.2 Å². The maximum atomic E-state index is 6.52. The van der Waals surface area contributed by atoms with Gasteiger partial charge in [0.1, 0.15) is 17.7 Å². The summed E-state index contributed by atoms with van der Waals surface area (Å²) in [5.74, 6) is 3.18. The zero-order valence-electron chi connectivity index (χ0n) is 22.7. The molecule has 6 rings (SSSR count). The third kappa shape index (κ3) is 5.47. The van der Waals surface area contributed by atoms with Crippen LogP contribution in [0.2, 0.25) is 0 Å². The van der Waals surface area contributed by atoms with Crippen molar-refractivity contribution in [3.8, 4) is 17.2 Å². The first-order chi connectivity index (χ1) is 19.2. The first-order valence-corrected chi connectivity index (χ1v) is 14.0. The SMILES string of the molecule is C=C(Nc1ccc(C(OCCN2CCCCC2)c2ccccc2OC)cn1)C1(c2ccc3c(c2)OCO3)CC1. The lowest BCUT2D eigenvalue weighted by Gasteiger charge is -2.28. The Morgan fingerprint density at radius 1 is 1.05 bits per heavy atom. The number of pyridine rings is 1. The van der Waals surface area contributed by atoms with E-state index in [1.165, 1.54) is 24.8 Å². The van der Waals surface area contributed by atoms with Crippen molar-refractivity contribution in [2.75, 3.05) is 45.5 Å². The van der Waals surface area contributed by atoms with E-state index in [2.05, 4.69) is 41.1 Å². The quantitative estimate of drug-likeness (QED) is 0.325. The number of hydrogen-bond acceptors (Lipinski definition) is 7. The molecule has 0 bridgehead atoms. The van der Waals surface area contributed by atoms with Gasteiger partial charge >= 0.3 is 0 Å². The summed E-state index contributed by atoms with van der Waals surface area (Å²) in [5.41, 5.74) is 4.02. The monoisotopic (exact) mass is 527 g/mol. The average Bonchev–Trinajstić information content (AvgIpc) is 3.67. The van der Waals surface area contributed by atoms with Crippen molar-refractivity contribution in [1.82, 2.24) is 9.88 Å². The number of rotatable bonds is 11. The molecule has 1 saturated heterocycles. The molecule has 7 nitrogen and oxygen atoms in total. The van der Waals surface area contributed by atoms with E-state index >= 15 is 0 Å². The van der Waals surface area contributed by atoms with E-state index < -0.39 is 0 Å². The summed E-state index contributed by atoms with van der Waals surface area (Å²) >= 11 is 0. The van der Waals surface area contributed by atoms with E-state index in [1.807, 2.05) is 36.5 Å². The van der Waals surface area contributed by atoms with Crippen molar-refractivity contribution >= 4 is 5.82 Å². The number of methoxy groups -OCH3 is 1. The number of benzene rings is 2. The van der Waals surface area contributed by atoms with Gasteiger partial charge in [0.15, 0.2) is 11.5 Å². The zero-order valence-corrected chi connectivity index (χ0v) is 22.7. The van der Waals surface area contributed by atoms with Crippen LogP contribution in [-0.2, 0) is 10.2 Å². The highest BCUT2D eigenvalue weighted by molar-refractivity contribution is 5.55. The first-order valence-electron chi connectivity index (χ1n) is 14.0. The maximum Gasteiger partial charge on any atom is 0.231 e.